The van der Waals surface area contributed by atoms with E-state index in [0.717, 1.165) is 26.2 Å². The number of hydrazone groups is 1. The maximum atomic E-state index is 5.92. The number of hydrogen-bond donors (Lipinski definition) is 2. The van der Waals surface area contributed by atoms with E-state index in [9.17, 15) is 0 Å². The second-order valence-corrected chi connectivity index (χ2v) is 6.34. The van der Waals surface area contributed by atoms with Crippen LogP contribution in [0.3, 0.4) is 0 Å². The van der Waals surface area contributed by atoms with Gasteiger partial charge >= 0.3 is 0 Å². The number of aromatic nitrogens is 1. The standard InChI is InChI=1S/C17H19ClN6S/c18-15-8-4-7-14(20-15)16(19)21-22-17(25)24-11-9-23(10-12-24)13-5-2-1-3-6-13/h1-8H,9-12H2,(H2,19,21)(H,22,25). The molecule has 25 heavy (non-hydrogen) atoms. The third-order valence-corrected chi connectivity index (χ3v) is 4.50. The molecule has 0 aliphatic carbocycles. The Bertz CT molecular complexity index is 759. The van der Waals surface area contributed by atoms with Crippen molar-refractivity contribution >= 4 is 40.5 Å². The summed E-state index contributed by atoms with van der Waals surface area (Å²) in [4.78, 5) is 8.53. The molecule has 0 unspecified atom stereocenters. The molecule has 0 saturated carbocycles. The summed E-state index contributed by atoms with van der Waals surface area (Å²) in [5.74, 6) is 0.243. The quantitative estimate of drug-likeness (QED) is 0.282. The molecule has 3 N–H and O–H groups in total. The summed E-state index contributed by atoms with van der Waals surface area (Å²) < 4.78 is 0. The molecule has 0 radical (unpaired) electrons. The third kappa shape index (κ3) is 4.58. The zero-order valence-corrected chi connectivity index (χ0v) is 15.2. The first-order valence-corrected chi connectivity index (χ1v) is 8.73. The number of nitrogens with zero attached hydrogens (tertiary/aromatic N) is 4. The molecule has 1 fully saturated rings. The van der Waals surface area contributed by atoms with Crippen LogP contribution in [0, 0.1) is 0 Å². The Morgan fingerprint density at radius 1 is 1.08 bits per heavy atom. The van der Waals surface area contributed by atoms with Crippen LogP contribution in [0.4, 0.5) is 5.69 Å². The van der Waals surface area contributed by atoms with Crippen molar-refractivity contribution in [2.45, 2.75) is 0 Å². The van der Waals surface area contributed by atoms with Crippen molar-refractivity contribution in [3.8, 4) is 0 Å². The average molecular weight is 375 g/mol. The predicted octanol–water partition coefficient (Wildman–Crippen LogP) is 2.05. The maximum absolute atomic E-state index is 5.92. The molecule has 6 nitrogen and oxygen atoms in total. The molecule has 8 heteroatoms. The van der Waals surface area contributed by atoms with Crippen LogP contribution in [0.15, 0.2) is 53.6 Å². The summed E-state index contributed by atoms with van der Waals surface area (Å²) in [6, 6.07) is 15.6. The summed E-state index contributed by atoms with van der Waals surface area (Å²) in [5.41, 5.74) is 10.5. The fraction of sp³-hybridized carbons (Fsp3) is 0.235. The van der Waals surface area contributed by atoms with Gasteiger partial charge in [0.25, 0.3) is 0 Å². The van der Waals surface area contributed by atoms with Gasteiger partial charge in [-0.1, -0.05) is 35.9 Å². The number of hydrogen-bond acceptors (Lipinski definition) is 4. The van der Waals surface area contributed by atoms with Gasteiger partial charge in [-0.3, -0.25) is 5.43 Å². The first kappa shape index (κ1) is 17.4. The topological polar surface area (TPSA) is 69.8 Å². The van der Waals surface area contributed by atoms with Crippen LogP contribution < -0.4 is 16.1 Å². The molecule has 0 bridgehead atoms. The number of halogens is 1. The average Bonchev–Trinajstić information content (AvgIpc) is 2.66. The normalized spacial score (nSPS) is 15.2. The van der Waals surface area contributed by atoms with Gasteiger partial charge in [0.1, 0.15) is 10.8 Å². The predicted molar refractivity (Wildman–Crippen MR) is 106 cm³/mol. The van der Waals surface area contributed by atoms with Gasteiger partial charge in [-0.25, -0.2) is 4.98 Å². The first-order valence-electron chi connectivity index (χ1n) is 7.94. The fourth-order valence-electron chi connectivity index (χ4n) is 2.59. The molecular weight excluding hydrogens is 356 g/mol. The lowest BCUT2D eigenvalue weighted by Gasteiger charge is -2.36. The van der Waals surface area contributed by atoms with Crippen LogP contribution in [-0.4, -0.2) is 47.0 Å². The molecule has 1 aliphatic rings. The van der Waals surface area contributed by atoms with Crippen LogP contribution >= 0.6 is 23.8 Å². The maximum Gasteiger partial charge on any atom is 0.189 e. The van der Waals surface area contributed by atoms with E-state index >= 15 is 0 Å². The zero-order chi connectivity index (χ0) is 17.6. The van der Waals surface area contributed by atoms with Crippen molar-refractivity contribution < 1.29 is 0 Å². The molecule has 2 aromatic rings. The highest BCUT2D eigenvalue weighted by atomic mass is 35.5. The van der Waals surface area contributed by atoms with Gasteiger partial charge in [0.05, 0.1) is 0 Å². The molecule has 0 spiro atoms. The molecule has 1 aromatic carbocycles. The molecule has 0 amide bonds. The number of thiocarbonyl (C=S) groups is 1. The molecule has 0 atom stereocenters. The van der Waals surface area contributed by atoms with Crippen molar-refractivity contribution in [2.75, 3.05) is 31.1 Å². The van der Waals surface area contributed by atoms with E-state index in [1.807, 2.05) is 6.07 Å². The minimum Gasteiger partial charge on any atom is -0.380 e. The fourth-order valence-corrected chi connectivity index (χ4v) is 2.99. The van der Waals surface area contributed by atoms with Gasteiger partial charge < -0.3 is 15.5 Å². The molecule has 130 valence electrons. The molecule has 2 heterocycles. The van der Waals surface area contributed by atoms with E-state index in [0.29, 0.717) is 16.0 Å². The Labute approximate surface area is 157 Å². The monoisotopic (exact) mass is 374 g/mol. The van der Waals surface area contributed by atoms with E-state index in [4.69, 9.17) is 29.6 Å². The Balaban J connectivity index is 1.53. The smallest absolute Gasteiger partial charge is 0.189 e. The van der Waals surface area contributed by atoms with Gasteiger partial charge in [-0.2, -0.15) is 5.10 Å². The number of piperazine rings is 1. The summed E-state index contributed by atoms with van der Waals surface area (Å²) in [6.07, 6.45) is 0. The van der Waals surface area contributed by atoms with Crippen LogP contribution in [-0.2, 0) is 0 Å². The van der Waals surface area contributed by atoms with E-state index in [1.165, 1.54) is 5.69 Å². The number of nitrogens with two attached hydrogens (primary N) is 1. The Morgan fingerprint density at radius 3 is 2.48 bits per heavy atom. The molecule has 3 rings (SSSR count). The van der Waals surface area contributed by atoms with Gasteiger partial charge in [0.15, 0.2) is 10.9 Å². The van der Waals surface area contributed by atoms with Crippen LogP contribution in [0.1, 0.15) is 5.69 Å². The SMILES string of the molecule is N/C(=N\NC(=S)N1CCN(c2ccccc2)CC1)c1cccc(Cl)n1. The lowest BCUT2D eigenvalue weighted by molar-refractivity contribution is 0.381. The highest BCUT2D eigenvalue weighted by Crippen LogP contribution is 2.15. The number of benzene rings is 1. The number of para-hydroxylation sites is 1. The van der Waals surface area contributed by atoms with E-state index in [1.54, 1.807) is 18.2 Å². The van der Waals surface area contributed by atoms with Gasteiger partial charge in [-0.15, -0.1) is 0 Å². The van der Waals surface area contributed by atoms with Crippen molar-refractivity contribution in [3.05, 3.63) is 59.4 Å². The van der Waals surface area contributed by atoms with E-state index in [-0.39, 0.29) is 5.84 Å². The lowest BCUT2D eigenvalue weighted by Crippen LogP contribution is -2.51. The number of nitrogens with one attached hydrogen (secondary N) is 1. The van der Waals surface area contributed by atoms with Crippen molar-refractivity contribution in [1.82, 2.24) is 15.3 Å². The van der Waals surface area contributed by atoms with Crippen molar-refractivity contribution in [1.29, 1.82) is 0 Å². The zero-order valence-electron chi connectivity index (χ0n) is 13.6. The van der Waals surface area contributed by atoms with Gasteiger partial charge in [-0.05, 0) is 36.5 Å². The first-order chi connectivity index (χ1) is 12.1. The molecule has 1 aromatic heterocycles. The van der Waals surface area contributed by atoms with Crippen molar-refractivity contribution in [2.24, 2.45) is 10.8 Å². The second kappa shape index (κ2) is 8.13. The van der Waals surface area contributed by atoms with Crippen molar-refractivity contribution in [3.63, 3.8) is 0 Å². The van der Waals surface area contributed by atoms with Gasteiger partial charge in [0.2, 0.25) is 0 Å². The van der Waals surface area contributed by atoms with Crippen LogP contribution in [0.25, 0.3) is 0 Å². The van der Waals surface area contributed by atoms with E-state index in [2.05, 4.69) is 49.6 Å². The highest BCUT2D eigenvalue weighted by molar-refractivity contribution is 7.80. The molecule has 1 aliphatic heterocycles. The highest BCUT2D eigenvalue weighted by Gasteiger charge is 2.19. The van der Waals surface area contributed by atoms with Crippen LogP contribution in [0.5, 0.6) is 0 Å². The lowest BCUT2D eigenvalue weighted by atomic mass is 10.2. The number of anilines is 1. The summed E-state index contributed by atoms with van der Waals surface area (Å²) >= 11 is 11.3. The molecular formula is C17H19ClN6S. The van der Waals surface area contributed by atoms with Crippen LogP contribution in [0.2, 0.25) is 5.15 Å². The minimum atomic E-state index is 0.243. The van der Waals surface area contributed by atoms with Gasteiger partial charge in [0, 0.05) is 31.9 Å². The third-order valence-electron chi connectivity index (χ3n) is 3.94. The minimum absolute atomic E-state index is 0.243. The second-order valence-electron chi connectivity index (χ2n) is 5.57. The Hall–Kier alpha value is -2.38. The number of amidine groups is 1. The number of pyridine rings is 1. The largest absolute Gasteiger partial charge is 0.380 e. The van der Waals surface area contributed by atoms with E-state index < -0.39 is 0 Å². The Kier molecular flexibility index (Phi) is 5.67. The molecule has 1 saturated heterocycles. The summed E-state index contributed by atoms with van der Waals surface area (Å²) in [7, 11) is 0. The number of rotatable bonds is 3. The Morgan fingerprint density at radius 2 is 1.80 bits per heavy atom. The summed E-state index contributed by atoms with van der Waals surface area (Å²) in [6.45, 7) is 3.46. The summed E-state index contributed by atoms with van der Waals surface area (Å²) in [5, 5.41) is 5.04.